The smallest absolute Gasteiger partial charge is 0.308 e. The van der Waals surface area contributed by atoms with Crippen molar-refractivity contribution in [2.45, 2.75) is 19.8 Å². The quantitative estimate of drug-likeness (QED) is 0.371. The van der Waals surface area contributed by atoms with E-state index < -0.39 is 0 Å². The maximum Gasteiger partial charge on any atom is 0.308 e. The number of esters is 1. The van der Waals surface area contributed by atoms with E-state index in [0.717, 1.165) is 36.3 Å². The number of benzene rings is 3. The minimum atomic E-state index is -0.314. The molecule has 4 nitrogen and oxygen atoms in total. The zero-order valence-corrected chi connectivity index (χ0v) is 18.9. The third-order valence-electron chi connectivity index (χ3n) is 5.64. The molecule has 0 fully saturated rings. The third-order valence-corrected chi connectivity index (χ3v) is 5.64. The topological polar surface area (TPSA) is 38.8 Å². The van der Waals surface area contributed by atoms with Crippen LogP contribution in [0.5, 0.6) is 11.5 Å². The zero-order valence-electron chi connectivity index (χ0n) is 18.9. The molecule has 0 N–H and O–H groups in total. The van der Waals surface area contributed by atoms with Gasteiger partial charge < -0.3 is 14.4 Å². The normalized spacial score (nSPS) is 14.2. The van der Waals surface area contributed by atoms with Gasteiger partial charge in [-0.3, -0.25) is 4.79 Å². The molecular formula is C28H29NO3. The molecule has 0 amide bonds. The maximum absolute atomic E-state index is 11.3. The monoisotopic (exact) mass is 427 g/mol. The number of carbonyl (C=O) groups excluding carboxylic acids is 1. The Labute approximate surface area is 190 Å². The van der Waals surface area contributed by atoms with Crippen molar-refractivity contribution in [2.24, 2.45) is 0 Å². The fourth-order valence-corrected chi connectivity index (χ4v) is 4.12. The van der Waals surface area contributed by atoms with Crippen molar-refractivity contribution in [3.05, 3.63) is 95.1 Å². The van der Waals surface area contributed by atoms with Crippen LogP contribution >= 0.6 is 0 Å². The highest BCUT2D eigenvalue weighted by Gasteiger charge is 2.21. The molecular weight excluding hydrogens is 398 g/mol. The summed E-state index contributed by atoms with van der Waals surface area (Å²) in [6, 6.07) is 24.8. The molecule has 0 bridgehead atoms. The molecule has 4 rings (SSSR count). The number of hydrogen-bond acceptors (Lipinski definition) is 4. The Bertz CT molecular complexity index is 1110. The highest BCUT2D eigenvalue weighted by atomic mass is 16.5. The average molecular weight is 428 g/mol. The van der Waals surface area contributed by atoms with Crippen LogP contribution in [-0.4, -0.2) is 38.1 Å². The third kappa shape index (κ3) is 5.09. The van der Waals surface area contributed by atoms with Crippen LogP contribution in [0, 0.1) is 0 Å². The minimum Gasteiger partial charge on any atom is -0.492 e. The van der Waals surface area contributed by atoms with E-state index in [9.17, 15) is 4.79 Å². The van der Waals surface area contributed by atoms with Crippen LogP contribution in [-0.2, 0) is 11.2 Å². The van der Waals surface area contributed by atoms with Crippen LogP contribution in [0.4, 0.5) is 0 Å². The second-order valence-corrected chi connectivity index (χ2v) is 8.30. The lowest BCUT2D eigenvalue weighted by Crippen LogP contribution is -2.19. The molecule has 0 atom stereocenters. The van der Waals surface area contributed by atoms with Crippen molar-refractivity contribution in [1.82, 2.24) is 4.90 Å². The van der Waals surface area contributed by atoms with Crippen LogP contribution in [0.1, 0.15) is 35.6 Å². The standard InChI is InChI=1S/C28H29NO3/c1-20(30)32-25-15-10-23(11-16-25)28(27-17-12-21-6-4-5-7-26(21)27)22-8-13-24(14-9-22)31-19-18-29(2)3/h4-11,13-16H,12,17-19H2,1-3H3. The molecule has 0 saturated heterocycles. The van der Waals surface area contributed by atoms with Crippen LogP contribution in [0.15, 0.2) is 72.8 Å². The molecule has 164 valence electrons. The molecule has 0 heterocycles. The molecule has 0 unspecified atom stereocenters. The molecule has 3 aromatic rings. The van der Waals surface area contributed by atoms with Gasteiger partial charge in [0.15, 0.2) is 0 Å². The number of likely N-dealkylation sites (N-methyl/N-ethyl adjacent to an activating group) is 1. The summed E-state index contributed by atoms with van der Waals surface area (Å²) >= 11 is 0. The van der Waals surface area contributed by atoms with Gasteiger partial charge in [0, 0.05) is 13.5 Å². The summed E-state index contributed by atoms with van der Waals surface area (Å²) in [6.07, 6.45) is 2.05. The highest BCUT2D eigenvalue weighted by Crippen LogP contribution is 2.41. The fraction of sp³-hybridized carbons (Fsp3) is 0.250. The van der Waals surface area contributed by atoms with E-state index in [0.29, 0.717) is 12.4 Å². The van der Waals surface area contributed by atoms with Crippen molar-refractivity contribution in [3.8, 4) is 11.5 Å². The first-order chi connectivity index (χ1) is 15.5. The number of nitrogens with zero attached hydrogens (tertiary/aromatic N) is 1. The van der Waals surface area contributed by atoms with Crippen molar-refractivity contribution in [3.63, 3.8) is 0 Å². The average Bonchev–Trinajstić information content (AvgIpc) is 3.19. The van der Waals surface area contributed by atoms with E-state index in [1.807, 2.05) is 50.5 Å². The summed E-state index contributed by atoms with van der Waals surface area (Å²) in [7, 11) is 4.08. The molecule has 32 heavy (non-hydrogen) atoms. The fourth-order valence-electron chi connectivity index (χ4n) is 4.12. The van der Waals surface area contributed by atoms with Crippen LogP contribution < -0.4 is 9.47 Å². The van der Waals surface area contributed by atoms with Gasteiger partial charge in [0.05, 0.1) is 0 Å². The van der Waals surface area contributed by atoms with E-state index in [1.54, 1.807) is 0 Å². The summed E-state index contributed by atoms with van der Waals surface area (Å²) in [6.45, 7) is 2.95. The minimum absolute atomic E-state index is 0.314. The molecule has 1 aliphatic carbocycles. The number of carbonyl (C=O) groups is 1. The lowest BCUT2D eigenvalue weighted by Gasteiger charge is -2.16. The first-order valence-electron chi connectivity index (χ1n) is 11.0. The van der Waals surface area contributed by atoms with Crippen molar-refractivity contribution in [2.75, 3.05) is 27.2 Å². The molecule has 0 aliphatic heterocycles. The van der Waals surface area contributed by atoms with E-state index in [1.165, 1.54) is 29.2 Å². The predicted molar refractivity (Wildman–Crippen MR) is 129 cm³/mol. The van der Waals surface area contributed by atoms with E-state index >= 15 is 0 Å². The molecule has 1 aliphatic rings. The number of allylic oxidation sites excluding steroid dienone is 1. The lowest BCUT2D eigenvalue weighted by molar-refractivity contribution is -0.131. The maximum atomic E-state index is 11.3. The van der Waals surface area contributed by atoms with Gasteiger partial charge in [-0.1, -0.05) is 48.5 Å². The highest BCUT2D eigenvalue weighted by molar-refractivity contribution is 6.00. The largest absolute Gasteiger partial charge is 0.492 e. The van der Waals surface area contributed by atoms with Crippen molar-refractivity contribution >= 4 is 17.1 Å². The van der Waals surface area contributed by atoms with Gasteiger partial charge in [0.1, 0.15) is 18.1 Å². The molecule has 0 radical (unpaired) electrons. The summed E-state index contributed by atoms with van der Waals surface area (Å²) in [4.78, 5) is 13.4. The Morgan fingerprint density at radius 3 is 2.09 bits per heavy atom. The van der Waals surface area contributed by atoms with Crippen LogP contribution in [0.2, 0.25) is 0 Å². The van der Waals surface area contributed by atoms with E-state index in [4.69, 9.17) is 9.47 Å². The molecule has 0 spiro atoms. The Balaban J connectivity index is 1.71. The van der Waals surface area contributed by atoms with Gasteiger partial charge >= 0.3 is 5.97 Å². The molecule has 0 saturated carbocycles. The number of hydrogen-bond donors (Lipinski definition) is 0. The Hall–Kier alpha value is -3.37. The number of ether oxygens (including phenoxy) is 2. The summed E-state index contributed by atoms with van der Waals surface area (Å²) < 4.78 is 11.1. The Kier molecular flexibility index (Phi) is 6.72. The Morgan fingerprint density at radius 1 is 0.844 bits per heavy atom. The van der Waals surface area contributed by atoms with Crippen LogP contribution in [0.25, 0.3) is 11.1 Å². The number of fused-ring (bicyclic) bond motifs is 1. The lowest BCUT2D eigenvalue weighted by atomic mass is 9.90. The second kappa shape index (κ2) is 9.84. The van der Waals surface area contributed by atoms with Gasteiger partial charge in [0.25, 0.3) is 0 Å². The van der Waals surface area contributed by atoms with Gasteiger partial charge in [0.2, 0.25) is 0 Å². The first-order valence-corrected chi connectivity index (χ1v) is 11.0. The SMILES string of the molecule is CC(=O)Oc1ccc(C(=C2CCc3ccccc32)c2ccc(OCCN(C)C)cc2)cc1. The molecule has 3 aromatic carbocycles. The first kappa shape index (κ1) is 21.8. The van der Waals surface area contributed by atoms with Crippen molar-refractivity contribution < 1.29 is 14.3 Å². The van der Waals surface area contributed by atoms with E-state index in [-0.39, 0.29) is 5.97 Å². The Morgan fingerprint density at radius 2 is 1.47 bits per heavy atom. The summed E-state index contributed by atoms with van der Waals surface area (Å²) in [5.74, 6) is 1.12. The van der Waals surface area contributed by atoms with Gasteiger partial charge in [-0.15, -0.1) is 0 Å². The summed E-state index contributed by atoms with van der Waals surface area (Å²) in [5.41, 5.74) is 7.52. The molecule has 0 aromatic heterocycles. The predicted octanol–water partition coefficient (Wildman–Crippen LogP) is 5.46. The number of rotatable bonds is 7. The summed E-state index contributed by atoms with van der Waals surface area (Å²) in [5, 5.41) is 0. The van der Waals surface area contributed by atoms with Gasteiger partial charge in [-0.05, 0) is 84.6 Å². The van der Waals surface area contributed by atoms with Crippen molar-refractivity contribution in [1.29, 1.82) is 0 Å². The number of aryl methyl sites for hydroxylation is 1. The zero-order chi connectivity index (χ0) is 22.5. The second-order valence-electron chi connectivity index (χ2n) is 8.30. The molecule has 4 heteroatoms. The van der Waals surface area contributed by atoms with Gasteiger partial charge in [-0.2, -0.15) is 0 Å². The van der Waals surface area contributed by atoms with E-state index in [2.05, 4.69) is 41.3 Å². The van der Waals surface area contributed by atoms with Crippen LogP contribution in [0.3, 0.4) is 0 Å². The van der Waals surface area contributed by atoms with Gasteiger partial charge in [-0.25, -0.2) is 0 Å².